The van der Waals surface area contributed by atoms with Crippen molar-refractivity contribution in [2.45, 2.75) is 0 Å². The Morgan fingerprint density at radius 3 is 2.48 bits per heavy atom. The first-order valence-corrected chi connectivity index (χ1v) is 9.47. The summed E-state index contributed by atoms with van der Waals surface area (Å²) in [7, 11) is 1.88. The molecule has 0 radical (unpaired) electrons. The standard InChI is InChI=1S/C20H20N8O/c1-25-14-15(11-22-25)16-12-21-13-19(23-16)27-8-6-26(7-9-27)18-10-20(29)28-5-3-2-4-17(28)24-18/h2-5,10-14H,6-9H2,1H3. The van der Waals surface area contributed by atoms with Crippen molar-refractivity contribution in [2.24, 2.45) is 7.05 Å². The van der Waals surface area contributed by atoms with Crippen molar-refractivity contribution >= 4 is 17.3 Å². The molecule has 146 valence electrons. The SMILES string of the molecule is Cn1cc(-c2cncc(N3CCN(c4cc(=O)n5ccccc5n4)CC3)n2)cn1. The van der Waals surface area contributed by atoms with Crippen LogP contribution < -0.4 is 15.4 Å². The maximum absolute atomic E-state index is 12.4. The van der Waals surface area contributed by atoms with E-state index in [0.29, 0.717) is 5.65 Å². The van der Waals surface area contributed by atoms with E-state index in [-0.39, 0.29) is 5.56 Å². The van der Waals surface area contributed by atoms with Crippen molar-refractivity contribution < 1.29 is 0 Å². The second kappa shape index (κ2) is 7.01. The van der Waals surface area contributed by atoms with Gasteiger partial charge in [0, 0.05) is 57.3 Å². The number of aryl methyl sites for hydroxylation is 1. The van der Waals surface area contributed by atoms with Crippen LogP contribution in [-0.2, 0) is 7.05 Å². The molecule has 4 aromatic heterocycles. The van der Waals surface area contributed by atoms with E-state index in [9.17, 15) is 4.79 Å². The normalized spacial score (nSPS) is 14.5. The molecular formula is C20H20N8O. The van der Waals surface area contributed by atoms with Gasteiger partial charge in [-0.1, -0.05) is 6.07 Å². The largest absolute Gasteiger partial charge is 0.353 e. The molecule has 0 atom stereocenters. The molecule has 4 aromatic rings. The number of aromatic nitrogens is 6. The van der Waals surface area contributed by atoms with Gasteiger partial charge >= 0.3 is 0 Å². The lowest BCUT2D eigenvalue weighted by Gasteiger charge is -2.35. The first-order valence-electron chi connectivity index (χ1n) is 9.47. The molecule has 1 fully saturated rings. The van der Waals surface area contributed by atoms with Gasteiger partial charge in [-0.15, -0.1) is 0 Å². The highest BCUT2D eigenvalue weighted by molar-refractivity contribution is 5.58. The Hall–Kier alpha value is -3.75. The van der Waals surface area contributed by atoms with E-state index in [0.717, 1.165) is 49.1 Å². The molecule has 0 N–H and O–H groups in total. The zero-order valence-corrected chi connectivity index (χ0v) is 16.0. The molecule has 0 unspecified atom stereocenters. The van der Waals surface area contributed by atoms with E-state index in [1.165, 1.54) is 0 Å². The molecule has 0 amide bonds. The van der Waals surface area contributed by atoms with Crippen LogP contribution in [0.15, 0.2) is 60.0 Å². The summed E-state index contributed by atoms with van der Waals surface area (Å²) in [6.45, 7) is 3.07. The topological polar surface area (TPSA) is 84.5 Å². The van der Waals surface area contributed by atoms with Crippen molar-refractivity contribution in [1.82, 2.24) is 29.1 Å². The maximum atomic E-state index is 12.4. The van der Waals surface area contributed by atoms with Gasteiger partial charge in [0.25, 0.3) is 5.56 Å². The summed E-state index contributed by atoms with van der Waals surface area (Å²) >= 11 is 0. The number of hydrogen-bond acceptors (Lipinski definition) is 7. The van der Waals surface area contributed by atoms with Crippen LogP contribution in [0.4, 0.5) is 11.6 Å². The fraction of sp³-hybridized carbons (Fsp3) is 0.250. The van der Waals surface area contributed by atoms with Gasteiger partial charge in [0.1, 0.15) is 17.3 Å². The second-order valence-corrected chi connectivity index (χ2v) is 7.02. The molecule has 5 rings (SSSR count). The van der Waals surface area contributed by atoms with Crippen molar-refractivity contribution in [1.29, 1.82) is 0 Å². The van der Waals surface area contributed by atoms with Crippen molar-refractivity contribution in [3.63, 3.8) is 0 Å². The fourth-order valence-corrected chi connectivity index (χ4v) is 3.57. The third-order valence-electron chi connectivity index (χ3n) is 5.11. The van der Waals surface area contributed by atoms with Gasteiger partial charge in [0.15, 0.2) is 0 Å². The van der Waals surface area contributed by atoms with Crippen molar-refractivity contribution in [3.8, 4) is 11.3 Å². The van der Waals surface area contributed by atoms with Crippen LogP contribution >= 0.6 is 0 Å². The second-order valence-electron chi connectivity index (χ2n) is 7.02. The number of fused-ring (bicyclic) bond motifs is 1. The van der Waals surface area contributed by atoms with Crippen LogP contribution in [0.5, 0.6) is 0 Å². The molecule has 1 saturated heterocycles. The number of anilines is 2. The summed E-state index contributed by atoms with van der Waals surface area (Å²) in [6, 6.07) is 7.17. The number of piperazine rings is 1. The molecule has 9 nitrogen and oxygen atoms in total. The highest BCUT2D eigenvalue weighted by Gasteiger charge is 2.20. The van der Waals surface area contributed by atoms with Gasteiger partial charge in [0.05, 0.1) is 24.3 Å². The van der Waals surface area contributed by atoms with Gasteiger partial charge in [-0.3, -0.25) is 18.9 Å². The van der Waals surface area contributed by atoms with Crippen LogP contribution in [0, 0.1) is 0 Å². The number of pyridine rings is 1. The minimum Gasteiger partial charge on any atom is -0.353 e. The summed E-state index contributed by atoms with van der Waals surface area (Å²) in [6.07, 6.45) is 8.99. The summed E-state index contributed by atoms with van der Waals surface area (Å²) < 4.78 is 3.31. The zero-order chi connectivity index (χ0) is 19.8. The van der Waals surface area contributed by atoms with Crippen LogP contribution in [-0.4, -0.2) is 55.3 Å². The smallest absolute Gasteiger partial charge is 0.259 e. The van der Waals surface area contributed by atoms with E-state index in [4.69, 9.17) is 4.98 Å². The van der Waals surface area contributed by atoms with E-state index in [2.05, 4.69) is 24.9 Å². The van der Waals surface area contributed by atoms with Gasteiger partial charge < -0.3 is 9.80 Å². The minimum atomic E-state index is -0.0666. The Labute approximate surface area is 166 Å². The van der Waals surface area contributed by atoms with Gasteiger partial charge in [-0.25, -0.2) is 9.97 Å². The Bertz CT molecular complexity index is 1220. The molecule has 1 aliphatic rings. The molecule has 0 bridgehead atoms. The van der Waals surface area contributed by atoms with Crippen molar-refractivity contribution in [3.05, 3.63) is 65.6 Å². The first-order chi connectivity index (χ1) is 14.2. The lowest BCUT2D eigenvalue weighted by molar-refractivity contribution is 0.640. The molecule has 0 aliphatic carbocycles. The molecule has 1 aliphatic heterocycles. The van der Waals surface area contributed by atoms with Gasteiger partial charge in [-0.2, -0.15) is 5.10 Å². The molecule has 5 heterocycles. The monoisotopic (exact) mass is 388 g/mol. The summed E-state index contributed by atoms with van der Waals surface area (Å²) in [5.41, 5.74) is 2.35. The van der Waals surface area contributed by atoms with E-state index in [1.54, 1.807) is 39.9 Å². The number of hydrogen-bond donors (Lipinski definition) is 0. The maximum Gasteiger partial charge on any atom is 0.259 e. The minimum absolute atomic E-state index is 0.0666. The van der Waals surface area contributed by atoms with E-state index in [1.807, 2.05) is 31.4 Å². The lowest BCUT2D eigenvalue weighted by Crippen LogP contribution is -2.47. The Morgan fingerprint density at radius 2 is 1.72 bits per heavy atom. The number of rotatable bonds is 3. The van der Waals surface area contributed by atoms with Gasteiger partial charge in [-0.05, 0) is 12.1 Å². The summed E-state index contributed by atoms with van der Waals surface area (Å²) in [4.78, 5) is 30.5. The summed E-state index contributed by atoms with van der Waals surface area (Å²) in [5, 5.41) is 4.20. The predicted octanol–water partition coefficient (Wildman–Crippen LogP) is 1.21. The fourth-order valence-electron chi connectivity index (χ4n) is 3.57. The lowest BCUT2D eigenvalue weighted by atomic mass is 10.2. The molecule has 29 heavy (non-hydrogen) atoms. The molecule has 0 spiro atoms. The first kappa shape index (κ1) is 17.4. The predicted molar refractivity (Wildman–Crippen MR) is 110 cm³/mol. The van der Waals surface area contributed by atoms with Crippen LogP contribution in [0.1, 0.15) is 0 Å². The average Bonchev–Trinajstić information content (AvgIpc) is 3.20. The highest BCUT2D eigenvalue weighted by Crippen LogP contribution is 2.21. The average molecular weight is 388 g/mol. The highest BCUT2D eigenvalue weighted by atomic mass is 16.1. The Morgan fingerprint density at radius 1 is 0.931 bits per heavy atom. The summed E-state index contributed by atoms with van der Waals surface area (Å²) in [5.74, 6) is 1.56. The molecule has 0 aromatic carbocycles. The van der Waals surface area contributed by atoms with Crippen LogP contribution in [0.3, 0.4) is 0 Å². The van der Waals surface area contributed by atoms with E-state index >= 15 is 0 Å². The van der Waals surface area contributed by atoms with Gasteiger partial charge in [0.2, 0.25) is 0 Å². The molecule has 0 saturated carbocycles. The van der Waals surface area contributed by atoms with Crippen LogP contribution in [0.25, 0.3) is 16.9 Å². The zero-order valence-electron chi connectivity index (χ0n) is 16.0. The quantitative estimate of drug-likeness (QED) is 0.522. The van der Waals surface area contributed by atoms with Crippen LogP contribution in [0.2, 0.25) is 0 Å². The number of nitrogens with zero attached hydrogens (tertiary/aromatic N) is 8. The third kappa shape index (κ3) is 3.31. The Kier molecular flexibility index (Phi) is 4.19. The Balaban J connectivity index is 1.34. The molecule has 9 heteroatoms. The third-order valence-corrected chi connectivity index (χ3v) is 5.11. The van der Waals surface area contributed by atoms with E-state index < -0.39 is 0 Å². The van der Waals surface area contributed by atoms with Crippen molar-refractivity contribution in [2.75, 3.05) is 36.0 Å². The molecular weight excluding hydrogens is 368 g/mol.